The van der Waals surface area contributed by atoms with Gasteiger partial charge in [-0.2, -0.15) is 0 Å². The van der Waals surface area contributed by atoms with Crippen molar-refractivity contribution in [1.82, 2.24) is 20.6 Å². The van der Waals surface area contributed by atoms with E-state index in [1.54, 1.807) is 6.07 Å². The van der Waals surface area contributed by atoms with Crippen LogP contribution in [0.5, 0.6) is 5.75 Å². The Morgan fingerprint density at radius 1 is 1.08 bits per heavy atom. The van der Waals surface area contributed by atoms with Crippen molar-refractivity contribution >= 4 is 35.0 Å². The number of nitrogens with one attached hydrogen (secondary N) is 2. The average Bonchev–Trinajstić information content (AvgIpc) is 2.60. The predicted molar refractivity (Wildman–Crippen MR) is 89.7 cm³/mol. The minimum atomic E-state index is -0.451. The first kappa shape index (κ1) is 18.0. The van der Waals surface area contributed by atoms with Crippen LogP contribution in [0.1, 0.15) is 20.8 Å². The van der Waals surface area contributed by atoms with Crippen LogP contribution in [0.25, 0.3) is 0 Å². The lowest BCUT2D eigenvalue weighted by atomic mass is 10.2. The summed E-state index contributed by atoms with van der Waals surface area (Å²) in [4.78, 5) is 31.7. The van der Waals surface area contributed by atoms with Gasteiger partial charge in [-0.05, 0) is 12.1 Å². The molecule has 2 amide bonds. The maximum Gasteiger partial charge on any atom is 0.271 e. The molecule has 2 rings (SSSR count). The predicted octanol–water partition coefficient (Wildman–Crippen LogP) is 1.95. The summed E-state index contributed by atoms with van der Waals surface area (Å²) < 4.78 is 5.12. The van der Waals surface area contributed by atoms with Crippen LogP contribution >= 0.6 is 23.2 Å². The number of methoxy groups -OCH3 is 1. The summed E-state index contributed by atoms with van der Waals surface area (Å²) in [5, 5.41) is 5.75. The average molecular weight is 369 g/mol. The fourth-order valence-electron chi connectivity index (χ4n) is 1.89. The van der Waals surface area contributed by atoms with Crippen molar-refractivity contribution in [2.45, 2.75) is 0 Å². The van der Waals surface area contributed by atoms with E-state index in [0.717, 1.165) is 0 Å². The number of hydrogen-bond donors (Lipinski definition) is 2. The molecule has 0 radical (unpaired) electrons. The minimum Gasteiger partial charge on any atom is -0.494 e. The van der Waals surface area contributed by atoms with E-state index in [1.807, 2.05) is 0 Å². The third kappa shape index (κ3) is 4.33. The molecule has 1 aromatic carbocycles. The zero-order chi connectivity index (χ0) is 17.5. The van der Waals surface area contributed by atoms with Gasteiger partial charge in [0.05, 0.1) is 23.4 Å². The monoisotopic (exact) mass is 368 g/mol. The molecular formula is C15H14Cl2N4O3. The van der Waals surface area contributed by atoms with Gasteiger partial charge in [-0.1, -0.05) is 23.2 Å². The first-order chi connectivity index (χ1) is 11.5. The Morgan fingerprint density at radius 3 is 2.38 bits per heavy atom. The number of amides is 2. The van der Waals surface area contributed by atoms with Gasteiger partial charge in [-0.15, -0.1) is 0 Å². The molecule has 2 N–H and O–H groups in total. The van der Waals surface area contributed by atoms with Crippen molar-refractivity contribution in [2.24, 2.45) is 0 Å². The Morgan fingerprint density at radius 2 is 1.75 bits per heavy atom. The van der Waals surface area contributed by atoms with E-state index in [2.05, 4.69) is 20.6 Å². The lowest BCUT2D eigenvalue weighted by Crippen LogP contribution is -2.35. The molecule has 0 aliphatic heterocycles. The summed E-state index contributed by atoms with van der Waals surface area (Å²) in [7, 11) is 1.40. The van der Waals surface area contributed by atoms with Gasteiger partial charge < -0.3 is 15.4 Å². The van der Waals surface area contributed by atoms with Gasteiger partial charge in [-0.3, -0.25) is 14.6 Å². The molecule has 0 atom stereocenters. The topological polar surface area (TPSA) is 93.2 Å². The second-order valence-corrected chi connectivity index (χ2v) is 5.35. The Bertz CT molecular complexity index is 741. The third-order valence-electron chi connectivity index (χ3n) is 2.98. The summed E-state index contributed by atoms with van der Waals surface area (Å²) in [6.45, 7) is 0.401. The lowest BCUT2D eigenvalue weighted by molar-refractivity contribution is 0.0923. The smallest absolute Gasteiger partial charge is 0.271 e. The molecule has 0 spiro atoms. The molecular weight excluding hydrogens is 355 g/mol. The van der Waals surface area contributed by atoms with Gasteiger partial charge in [0.15, 0.2) is 5.75 Å². The summed E-state index contributed by atoms with van der Waals surface area (Å²) in [5.41, 5.74) is 0.343. The summed E-state index contributed by atoms with van der Waals surface area (Å²) in [6.07, 6.45) is 4.24. The van der Waals surface area contributed by atoms with Crippen molar-refractivity contribution < 1.29 is 14.3 Å². The highest BCUT2D eigenvalue weighted by Crippen LogP contribution is 2.33. The Kier molecular flexibility index (Phi) is 6.34. The molecule has 24 heavy (non-hydrogen) atoms. The maximum atomic E-state index is 12.2. The number of hydrogen-bond acceptors (Lipinski definition) is 5. The van der Waals surface area contributed by atoms with Crippen molar-refractivity contribution in [3.05, 3.63) is 52.0 Å². The van der Waals surface area contributed by atoms with Crippen LogP contribution in [0, 0.1) is 0 Å². The first-order valence-electron chi connectivity index (χ1n) is 6.89. The summed E-state index contributed by atoms with van der Waals surface area (Å²) in [6, 6.07) is 3.05. The highest BCUT2D eigenvalue weighted by molar-refractivity contribution is 6.37. The molecule has 2 aromatic rings. The Balaban J connectivity index is 1.90. The van der Waals surface area contributed by atoms with Gasteiger partial charge in [0, 0.05) is 25.5 Å². The molecule has 0 saturated carbocycles. The number of carbonyl (C=O) groups is 2. The number of halogens is 2. The SMILES string of the molecule is COc1c(Cl)ccc(Cl)c1C(=O)NCCNC(=O)c1cnccn1. The zero-order valence-corrected chi connectivity index (χ0v) is 14.2. The molecule has 0 aliphatic carbocycles. The Hall–Kier alpha value is -2.38. The number of rotatable bonds is 6. The molecule has 1 aromatic heterocycles. The molecule has 0 bridgehead atoms. The minimum absolute atomic E-state index is 0.145. The molecule has 126 valence electrons. The largest absolute Gasteiger partial charge is 0.494 e. The summed E-state index contributed by atoms with van der Waals surface area (Å²) >= 11 is 12.0. The van der Waals surface area contributed by atoms with Crippen LogP contribution in [0.2, 0.25) is 10.0 Å². The van der Waals surface area contributed by atoms with Gasteiger partial charge in [-0.25, -0.2) is 4.98 Å². The van der Waals surface area contributed by atoms with Gasteiger partial charge in [0.2, 0.25) is 0 Å². The quantitative estimate of drug-likeness (QED) is 0.760. The van der Waals surface area contributed by atoms with Crippen LogP contribution < -0.4 is 15.4 Å². The number of nitrogens with zero attached hydrogens (tertiary/aromatic N) is 2. The van der Waals surface area contributed by atoms with Crippen molar-refractivity contribution in [3.63, 3.8) is 0 Å². The van der Waals surface area contributed by atoms with Crippen LogP contribution in [0.3, 0.4) is 0 Å². The third-order valence-corrected chi connectivity index (χ3v) is 3.59. The normalized spacial score (nSPS) is 10.1. The molecule has 1 heterocycles. The van der Waals surface area contributed by atoms with E-state index in [9.17, 15) is 9.59 Å². The van der Waals surface area contributed by atoms with Crippen LogP contribution in [0.15, 0.2) is 30.7 Å². The lowest BCUT2D eigenvalue weighted by Gasteiger charge is -2.12. The summed E-state index contributed by atoms with van der Waals surface area (Å²) in [5.74, 6) is -0.630. The van der Waals surface area contributed by atoms with Crippen molar-refractivity contribution in [3.8, 4) is 5.75 Å². The number of benzene rings is 1. The van der Waals surface area contributed by atoms with Crippen molar-refractivity contribution in [2.75, 3.05) is 20.2 Å². The standard InChI is InChI=1S/C15H14Cl2N4O3/c1-24-13-10(17)3-2-9(16)12(13)15(23)21-7-6-20-14(22)11-8-18-4-5-19-11/h2-5,8H,6-7H2,1H3,(H,20,22)(H,21,23). The van der Waals surface area contributed by atoms with Crippen LogP contribution in [-0.4, -0.2) is 42.0 Å². The molecule has 0 fully saturated rings. The molecule has 0 unspecified atom stereocenters. The second-order valence-electron chi connectivity index (χ2n) is 4.54. The van der Waals surface area contributed by atoms with Gasteiger partial charge in [0.1, 0.15) is 11.3 Å². The maximum absolute atomic E-state index is 12.2. The molecule has 7 nitrogen and oxygen atoms in total. The fraction of sp³-hybridized carbons (Fsp3) is 0.200. The van der Waals surface area contributed by atoms with E-state index in [0.29, 0.717) is 0 Å². The fourth-order valence-corrected chi connectivity index (χ4v) is 2.36. The second kappa shape index (κ2) is 8.47. The highest BCUT2D eigenvalue weighted by Gasteiger charge is 2.19. The number of carbonyl (C=O) groups excluding carboxylic acids is 2. The highest BCUT2D eigenvalue weighted by atomic mass is 35.5. The van der Waals surface area contributed by atoms with Gasteiger partial charge in [0.25, 0.3) is 11.8 Å². The molecule has 9 heteroatoms. The van der Waals surface area contributed by atoms with Crippen LogP contribution in [0.4, 0.5) is 0 Å². The van der Waals surface area contributed by atoms with Crippen molar-refractivity contribution in [1.29, 1.82) is 0 Å². The number of ether oxygens (including phenoxy) is 1. The molecule has 0 saturated heterocycles. The zero-order valence-electron chi connectivity index (χ0n) is 12.7. The van der Waals surface area contributed by atoms with Crippen LogP contribution in [-0.2, 0) is 0 Å². The van der Waals surface area contributed by atoms with Gasteiger partial charge >= 0.3 is 0 Å². The van der Waals surface area contributed by atoms with E-state index in [-0.39, 0.29) is 46.0 Å². The first-order valence-corrected chi connectivity index (χ1v) is 7.64. The van der Waals surface area contributed by atoms with E-state index < -0.39 is 5.91 Å². The Labute approximate surface area is 148 Å². The van der Waals surface area contributed by atoms with E-state index in [1.165, 1.54) is 31.8 Å². The van der Waals surface area contributed by atoms with E-state index >= 15 is 0 Å². The van der Waals surface area contributed by atoms with E-state index in [4.69, 9.17) is 27.9 Å². The number of aromatic nitrogens is 2. The molecule has 0 aliphatic rings.